The van der Waals surface area contributed by atoms with Gasteiger partial charge >= 0.3 is 0 Å². The zero-order valence-corrected chi connectivity index (χ0v) is 27.3. The van der Waals surface area contributed by atoms with Gasteiger partial charge in [-0.05, 0) is 73.7 Å². The van der Waals surface area contributed by atoms with Gasteiger partial charge in [0.05, 0.1) is 0 Å². The average Bonchev–Trinajstić information content (AvgIpc) is 2.94. The Morgan fingerprint density at radius 1 is 1.07 bits per heavy atom. The van der Waals surface area contributed by atoms with Crippen LogP contribution in [0.15, 0.2) is 58.4 Å². The highest BCUT2D eigenvalue weighted by atomic mass is 32.2. The maximum atomic E-state index is 13.8. The summed E-state index contributed by atoms with van der Waals surface area (Å²) in [5.41, 5.74) is 1.55. The molecule has 0 saturated carbocycles. The maximum Gasteiger partial charge on any atom is 0.257 e. The molecule has 6 nitrogen and oxygen atoms in total. The van der Waals surface area contributed by atoms with Crippen LogP contribution < -0.4 is 10.6 Å². The number of hydrogen-bond donors (Lipinski definition) is 2. The predicted octanol–water partition coefficient (Wildman–Crippen LogP) is 6.81. The summed E-state index contributed by atoms with van der Waals surface area (Å²) >= 11 is 0. The molecule has 0 aliphatic carbocycles. The molecule has 0 fully saturated rings. The molecule has 41 heavy (non-hydrogen) atoms. The molecule has 2 aromatic rings. The van der Waals surface area contributed by atoms with Crippen LogP contribution in [0.1, 0.15) is 89.2 Å². The van der Waals surface area contributed by atoms with Crippen LogP contribution >= 0.6 is 0 Å². The van der Waals surface area contributed by atoms with Gasteiger partial charge in [0.15, 0.2) is 5.96 Å². The summed E-state index contributed by atoms with van der Waals surface area (Å²) in [4.78, 5) is 21.0. The predicted molar refractivity (Wildman–Crippen MR) is 170 cm³/mol. The lowest BCUT2D eigenvalue weighted by molar-refractivity contribution is 0.0966. The zero-order valence-electron chi connectivity index (χ0n) is 26.5. The van der Waals surface area contributed by atoms with Crippen molar-refractivity contribution in [3.8, 4) is 0 Å². The van der Waals surface area contributed by atoms with Crippen molar-refractivity contribution in [1.82, 2.24) is 15.5 Å². The first-order valence-electron chi connectivity index (χ1n) is 14.8. The molecule has 0 saturated heterocycles. The second-order valence-corrected chi connectivity index (χ2v) is 13.3. The number of nitrogens with one attached hydrogen (secondary N) is 2. The Kier molecular flexibility index (Phi) is 13.6. The van der Waals surface area contributed by atoms with Crippen molar-refractivity contribution in [3.63, 3.8) is 0 Å². The molecule has 0 bridgehead atoms. The average molecular weight is 587 g/mol. The topological polar surface area (TPSA) is 73.8 Å². The minimum Gasteiger partial charge on any atom is -0.353 e. The van der Waals surface area contributed by atoms with Crippen LogP contribution in [0.5, 0.6) is 0 Å². The van der Waals surface area contributed by atoms with Gasteiger partial charge in [0.25, 0.3) is 5.91 Å². The summed E-state index contributed by atoms with van der Waals surface area (Å²) in [7, 11) is 2.90. The number of hydrogen-bond acceptors (Lipinski definition) is 4. The molecule has 2 rings (SSSR count). The first kappa shape index (κ1) is 34.6. The van der Waals surface area contributed by atoms with Crippen LogP contribution in [0.25, 0.3) is 0 Å². The van der Waals surface area contributed by atoms with Gasteiger partial charge in [-0.15, -0.1) is 0 Å². The fraction of sp³-hybridized carbons (Fsp3) is 0.576. The van der Waals surface area contributed by atoms with E-state index in [2.05, 4.69) is 57.1 Å². The third-order valence-electron chi connectivity index (χ3n) is 8.39. The van der Waals surface area contributed by atoms with Crippen LogP contribution in [0.2, 0.25) is 0 Å². The Hall–Kier alpha value is -2.58. The van der Waals surface area contributed by atoms with Crippen molar-refractivity contribution in [3.05, 3.63) is 65.5 Å². The highest BCUT2D eigenvalue weighted by Crippen LogP contribution is 2.41. The Morgan fingerprint density at radius 3 is 2.22 bits per heavy atom. The fourth-order valence-corrected chi connectivity index (χ4v) is 6.06. The van der Waals surface area contributed by atoms with Crippen molar-refractivity contribution in [2.24, 2.45) is 22.2 Å². The molecule has 2 N–H and O–H groups in total. The van der Waals surface area contributed by atoms with E-state index < -0.39 is 10.8 Å². The van der Waals surface area contributed by atoms with Crippen molar-refractivity contribution in [2.75, 3.05) is 26.9 Å². The number of carbonyl (C=O) groups is 1. The van der Waals surface area contributed by atoms with E-state index in [1.165, 1.54) is 12.1 Å². The lowest BCUT2D eigenvalue weighted by Gasteiger charge is -2.43. The van der Waals surface area contributed by atoms with Crippen molar-refractivity contribution in [1.29, 1.82) is 0 Å². The summed E-state index contributed by atoms with van der Waals surface area (Å²) < 4.78 is 25.8. The summed E-state index contributed by atoms with van der Waals surface area (Å²) in [6.45, 7) is 13.8. The largest absolute Gasteiger partial charge is 0.353 e. The number of guanidine groups is 1. The molecule has 4 atom stereocenters. The Balaban J connectivity index is 2.53. The molecule has 0 aliphatic rings. The Bertz CT molecular complexity index is 1160. The van der Waals surface area contributed by atoms with Gasteiger partial charge in [0.2, 0.25) is 0 Å². The molecule has 0 heterocycles. The highest BCUT2D eigenvalue weighted by Gasteiger charge is 2.38. The van der Waals surface area contributed by atoms with E-state index in [1.54, 1.807) is 30.5 Å². The van der Waals surface area contributed by atoms with E-state index >= 15 is 0 Å². The second-order valence-electron chi connectivity index (χ2n) is 11.9. The van der Waals surface area contributed by atoms with Gasteiger partial charge in [-0.1, -0.05) is 79.0 Å². The minimum absolute atomic E-state index is 0.0250. The molecule has 0 aromatic heterocycles. The van der Waals surface area contributed by atoms with Crippen LogP contribution in [0.4, 0.5) is 4.39 Å². The van der Waals surface area contributed by atoms with E-state index in [-0.39, 0.29) is 35.1 Å². The maximum absolute atomic E-state index is 13.8. The van der Waals surface area contributed by atoms with Crippen LogP contribution in [-0.2, 0) is 10.8 Å². The van der Waals surface area contributed by atoms with E-state index in [0.29, 0.717) is 28.9 Å². The van der Waals surface area contributed by atoms with Crippen LogP contribution in [-0.4, -0.2) is 53.9 Å². The monoisotopic (exact) mass is 586 g/mol. The minimum atomic E-state index is -1.19. The standard InChI is InChI=1S/C33H51FN4O2S/c1-10-28(33(6,11-2)12-3)29(21-30(38(7)8)24-16-18-26(34)19-17-24)36-32(35-22-23(4)5)37-31(39)25-14-13-15-27(20-25)41(9)40/h13-20,23,28-30H,10-12,21-22H2,1-9H3,(H2,35,36,37,39). The van der Waals surface area contributed by atoms with Gasteiger partial charge < -0.3 is 10.2 Å². The molecule has 1 amide bonds. The third-order valence-corrected chi connectivity index (χ3v) is 9.31. The van der Waals surface area contributed by atoms with E-state index in [0.717, 1.165) is 31.2 Å². The summed E-state index contributed by atoms with van der Waals surface area (Å²) in [5.74, 6) is 0.489. The normalized spacial score (nSPS) is 15.5. The van der Waals surface area contributed by atoms with Gasteiger partial charge in [-0.25, -0.2) is 4.39 Å². The number of rotatable bonds is 14. The first-order valence-corrected chi connectivity index (χ1v) is 16.4. The fourth-order valence-electron chi connectivity index (χ4n) is 5.50. The number of aliphatic imine (C=N–C) groups is 1. The van der Waals surface area contributed by atoms with Crippen molar-refractivity contribution >= 4 is 22.7 Å². The van der Waals surface area contributed by atoms with Gasteiger partial charge in [-0.3, -0.25) is 19.3 Å². The Labute approximate surface area is 250 Å². The molecule has 8 heteroatoms. The quantitative estimate of drug-likeness (QED) is 0.188. The second kappa shape index (κ2) is 16.2. The molecular formula is C33H51FN4O2S. The zero-order chi connectivity index (χ0) is 30.7. The number of carbonyl (C=O) groups excluding carboxylic acids is 1. The molecule has 0 spiro atoms. The number of halogens is 1. The molecule has 4 unspecified atom stereocenters. The molecule has 0 radical (unpaired) electrons. The van der Waals surface area contributed by atoms with Crippen LogP contribution in [0.3, 0.4) is 0 Å². The van der Waals surface area contributed by atoms with E-state index in [4.69, 9.17) is 4.99 Å². The van der Waals surface area contributed by atoms with Gasteiger partial charge in [0.1, 0.15) is 5.82 Å². The van der Waals surface area contributed by atoms with Crippen LogP contribution in [0, 0.1) is 23.1 Å². The molecular weight excluding hydrogens is 535 g/mol. The van der Waals surface area contributed by atoms with Crippen molar-refractivity contribution < 1.29 is 13.4 Å². The smallest absolute Gasteiger partial charge is 0.257 e. The lowest BCUT2D eigenvalue weighted by Crippen LogP contribution is -2.52. The Morgan fingerprint density at radius 2 is 1.71 bits per heavy atom. The van der Waals surface area contributed by atoms with E-state index in [9.17, 15) is 13.4 Å². The lowest BCUT2D eigenvalue weighted by atomic mass is 9.67. The third kappa shape index (κ3) is 10.0. The molecule has 0 aliphatic heterocycles. The highest BCUT2D eigenvalue weighted by molar-refractivity contribution is 7.84. The molecule has 2 aromatic carbocycles. The SMILES string of the molecule is CCC(C(CC(c1ccc(F)cc1)N(C)C)NC(=NCC(C)C)NC(=O)c1cccc(S(C)=O)c1)C(C)(CC)CC. The number of nitrogens with zero attached hydrogens (tertiary/aromatic N) is 2. The molecule has 228 valence electrons. The first-order chi connectivity index (χ1) is 19.3. The van der Waals surface area contributed by atoms with E-state index in [1.807, 2.05) is 26.2 Å². The van der Waals surface area contributed by atoms with Gasteiger partial charge in [-0.2, -0.15) is 0 Å². The van der Waals surface area contributed by atoms with Gasteiger partial charge in [0, 0.05) is 46.1 Å². The number of benzene rings is 2. The summed E-state index contributed by atoms with van der Waals surface area (Å²) in [6, 6.07) is 13.6. The summed E-state index contributed by atoms with van der Waals surface area (Å²) in [5, 5.41) is 6.74. The number of amides is 1. The van der Waals surface area contributed by atoms with Crippen molar-refractivity contribution in [2.45, 2.75) is 84.2 Å². The summed E-state index contributed by atoms with van der Waals surface area (Å²) in [6.07, 6.45) is 5.34.